The van der Waals surface area contributed by atoms with Gasteiger partial charge in [0, 0.05) is 12.7 Å². The fourth-order valence-electron chi connectivity index (χ4n) is 3.39. The highest BCUT2D eigenvalue weighted by molar-refractivity contribution is 7.80. The first-order valence-corrected chi connectivity index (χ1v) is 9.32. The van der Waals surface area contributed by atoms with E-state index in [1.54, 1.807) is 16.8 Å². The van der Waals surface area contributed by atoms with Gasteiger partial charge in [-0.1, -0.05) is 48.6 Å². The molecule has 7 heteroatoms. The first kappa shape index (κ1) is 18.1. The zero-order chi connectivity index (χ0) is 19.8. The van der Waals surface area contributed by atoms with Crippen molar-refractivity contribution in [1.82, 2.24) is 14.0 Å². The minimum absolute atomic E-state index is 0.0918. The van der Waals surface area contributed by atoms with Gasteiger partial charge in [0.1, 0.15) is 21.8 Å². The maximum Gasteiger partial charge on any atom is 0.267 e. The van der Waals surface area contributed by atoms with Crippen LogP contribution in [-0.4, -0.2) is 18.9 Å². The number of pyridine rings is 2. The van der Waals surface area contributed by atoms with Crippen molar-refractivity contribution in [1.29, 1.82) is 5.41 Å². The van der Waals surface area contributed by atoms with E-state index in [2.05, 4.69) is 0 Å². The second kappa shape index (κ2) is 7.01. The van der Waals surface area contributed by atoms with Crippen molar-refractivity contribution >= 4 is 33.9 Å². The fraction of sp³-hybridized carbons (Fsp3) is 0.143. The molecule has 6 nitrogen and oxygen atoms in total. The third-order valence-electron chi connectivity index (χ3n) is 4.87. The summed E-state index contributed by atoms with van der Waals surface area (Å²) in [5.74, 6) is 0. The highest BCUT2D eigenvalue weighted by Crippen LogP contribution is 2.13. The summed E-state index contributed by atoms with van der Waals surface area (Å²) in [6, 6.07) is 15.3. The van der Waals surface area contributed by atoms with Crippen LogP contribution in [0.1, 0.15) is 16.7 Å². The third kappa shape index (κ3) is 2.99. The van der Waals surface area contributed by atoms with Gasteiger partial charge in [0.05, 0.1) is 10.9 Å². The third-order valence-corrected chi connectivity index (χ3v) is 5.09. The van der Waals surface area contributed by atoms with Crippen molar-refractivity contribution in [2.75, 3.05) is 0 Å². The van der Waals surface area contributed by atoms with Gasteiger partial charge in [0.15, 0.2) is 0 Å². The summed E-state index contributed by atoms with van der Waals surface area (Å²) >= 11 is 5.12. The number of fused-ring (bicyclic) bond motifs is 2. The molecule has 0 saturated heterocycles. The standard InChI is InChI=1S/C21H19N5OS/c1-13-6-5-10-26-19(13)24-20-16(21(26)27)12-15(18(23)28)17(22)25(20)11-9-14-7-3-2-4-8-14/h2-8,10,12,22H,9,11H2,1H3,(H2,23,28). The quantitative estimate of drug-likeness (QED) is 0.414. The lowest BCUT2D eigenvalue weighted by Crippen LogP contribution is -2.32. The highest BCUT2D eigenvalue weighted by Gasteiger charge is 2.15. The largest absolute Gasteiger partial charge is 0.389 e. The summed E-state index contributed by atoms with van der Waals surface area (Å²) in [5.41, 5.74) is 9.26. The van der Waals surface area contributed by atoms with Crippen LogP contribution >= 0.6 is 12.2 Å². The van der Waals surface area contributed by atoms with Crippen molar-refractivity contribution in [2.24, 2.45) is 5.73 Å². The maximum absolute atomic E-state index is 13.1. The molecule has 0 aliphatic rings. The Hall–Kier alpha value is -3.32. The van der Waals surface area contributed by atoms with Crippen LogP contribution in [0, 0.1) is 12.3 Å². The summed E-state index contributed by atoms with van der Waals surface area (Å²) in [7, 11) is 0. The molecule has 0 bridgehead atoms. The van der Waals surface area contributed by atoms with Gasteiger partial charge in [0.2, 0.25) is 0 Å². The van der Waals surface area contributed by atoms with Crippen LogP contribution in [-0.2, 0) is 13.0 Å². The van der Waals surface area contributed by atoms with Gasteiger partial charge < -0.3 is 10.3 Å². The minimum atomic E-state index is -0.199. The maximum atomic E-state index is 13.1. The Labute approximate surface area is 166 Å². The fourth-order valence-corrected chi connectivity index (χ4v) is 3.54. The molecule has 0 spiro atoms. The summed E-state index contributed by atoms with van der Waals surface area (Å²) in [5, 5.41) is 9.00. The molecule has 4 aromatic rings. The van der Waals surface area contributed by atoms with E-state index in [9.17, 15) is 4.79 Å². The molecule has 1 aromatic carbocycles. The van der Waals surface area contributed by atoms with E-state index in [1.165, 1.54) is 4.40 Å². The monoisotopic (exact) mass is 389 g/mol. The number of hydrogen-bond donors (Lipinski definition) is 2. The Bertz CT molecular complexity index is 1340. The number of nitrogens with zero attached hydrogens (tertiary/aromatic N) is 3. The van der Waals surface area contributed by atoms with Gasteiger partial charge in [0.25, 0.3) is 5.56 Å². The molecule has 0 aliphatic heterocycles. The number of rotatable bonds is 4. The molecule has 0 radical (unpaired) electrons. The summed E-state index contributed by atoms with van der Waals surface area (Å²) in [6.07, 6.45) is 2.39. The summed E-state index contributed by atoms with van der Waals surface area (Å²) < 4.78 is 3.25. The molecule has 0 fully saturated rings. The van der Waals surface area contributed by atoms with E-state index in [-0.39, 0.29) is 16.0 Å². The number of thiocarbonyl (C=S) groups is 1. The molecule has 0 unspecified atom stereocenters. The second-order valence-electron chi connectivity index (χ2n) is 6.70. The Balaban J connectivity index is 2.02. The van der Waals surface area contributed by atoms with Crippen LogP contribution < -0.4 is 16.8 Å². The van der Waals surface area contributed by atoms with Crippen LogP contribution in [0.5, 0.6) is 0 Å². The van der Waals surface area contributed by atoms with E-state index in [1.807, 2.05) is 49.4 Å². The normalized spacial score (nSPS) is 11.2. The zero-order valence-corrected chi connectivity index (χ0v) is 16.2. The van der Waals surface area contributed by atoms with Gasteiger partial charge in [-0.2, -0.15) is 0 Å². The van der Waals surface area contributed by atoms with Crippen LogP contribution in [0.15, 0.2) is 59.5 Å². The van der Waals surface area contributed by atoms with E-state index < -0.39 is 0 Å². The predicted molar refractivity (Wildman–Crippen MR) is 114 cm³/mol. The number of nitrogens with two attached hydrogens (primary N) is 1. The molecule has 3 aromatic heterocycles. The van der Waals surface area contributed by atoms with Crippen molar-refractivity contribution in [3.8, 4) is 0 Å². The van der Waals surface area contributed by atoms with E-state index in [0.717, 1.165) is 11.1 Å². The van der Waals surface area contributed by atoms with Crippen LogP contribution in [0.25, 0.3) is 16.7 Å². The van der Waals surface area contributed by atoms with E-state index in [0.29, 0.717) is 35.2 Å². The molecule has 0 saturated carbocycles. The first-order valence-electron chi connectivity index (χ1n) is 8.91. The minimum Gasteiger partial charge on any atom is -0.389 e. The lowest BCUT2D eigenvalue weighted by atomic mass is 10.1. The number of aryl methyl sites for hydroxylation is 3. The lowest BCUT2D eigenvalue weighted by Gasteiger charge is -2.15. The van der Waals surface area contributed by atoms with Gasteiger partial charge in [-0.3, -0.25) is 14.6 Å². The Morgan fingerprint density at radius 3 is 2.64 bits per heavy atom. The molecule has 140 valence electrons. The molecule has 0 amide bonds. The smallest absolute Gasteiger partial charge is 0.267 e. The molecular formula is C21H19N5OS. The van der Waals surface area contributed by atoms with Gasteiger partial charge in [-0.25, -0.2) is 4.98 Å². The second-order valence-corrected chi connectivity index (χ2v) is 7.14. The lowest BCUT2D eigenvalue weighted by molar-refractivity contribution is 0.668. The first-order chi connectivity index (χ1) is 13.5. The van der Waals surface area contributed by atoms with Crippen molar-refractivity contribution in [3.63, 3.8) is 0 Å². The van der Waals surface area contributed by atoms with Crippen molar-refractivity contribution < 1.29 is 0 Å². The molecule has 4 rings (SSSR count). The number of benzene rings is 1. The average Bonchev–Trinajstić information content (AvgIpc) is 2.68. The van der Waals surface area contributed by atoms with E-state index >= 15 is 0 Å². The molecular weight excluding hydrogens is 370 g/mol. The molecule has 3 heterocycles. The van der Waals surface area contributed by atoms with E-state index in [4.69, 9.17) is 28.3 Å². The van der Waals surface area contributed by atoms with Crippen LogP contribution in [0.4, 0.5) is 0 Å². The molecule has 0 atom stereocenters. The molecule has 3 N–H and O–H groups in total. The van der Waals surface area contributed by atoms with Crippen molar-refractivity contribution in [3.05, 3.63) is 87.3 Å². The van der Waals surface area contributed by atoms with Gasteiger partial charge in [-0.15, -0.1) is 0 Å². The Morgan fingerprint density at radius 1 is 1.18 bits per heavy atom. The Kier molecular flexibility index (Phi) is 4.52. The number of nitrogens with one attached hydrogen (secondary N) is 1. The van der Waals surface area contributed by atoms with Gasteiger partial charge >= 0.3 is 0 Å². The predicted octanol–water partition coefficient (Wildman–Crippen LogP) is 2.31. The van der Waals surface area contributed by atoms with Crippen LogP contribution in [0.2, 0.25) is 0 Å². The topological polar surface area (TPSA) is 89.2 Å². The highest BCUT2D eigenvalue weighted by atomic mass is 32.1. The summed E-state index contributed by atoms with van der Waals surface area (Å²) in [4.78, 5) is 17.9. The van der Waals surface area contributed by atoms with Crippen LogP contribution in [0.3, 0.4) is 0 Å². The van der Waals surface area contributed by atoms with Crippen molar-refractivity contribution in [2.45, 2.75) is 19.9 Å². The number of aromatic nitrogens is 3. The average molecular weight is 389 g/mol. The molecule has 28 heavy (non-hydrogen) atoms. The van der Waals surface area contributed by atoms with Gasteiger partial charge in [-0.05, 0) is 36.6 Å². The zero-order valence-electron chi connectivity index (χ0n) is 15.3. The molecule has 0 aliphatic carbocycles. The summed E-state index contributed by atoms with van der Waals surface area (Å²) in [6.45, 7) is 2.40. The number of hydrogen-bond acceptors (Lipinski definition) is 4. The SMILES string of the molecule is Cc1cccn2c(=O)c3cc(C(N)=S)c(=N)n(CCc4ccccc4)c3nc12. The Morgan fingerprint density at radius 2 is 1.93 bits per heavy atom.